The molecule has 5 rings (SSSR count). The minimum Gasteiger partial charge on any atom is -0.478 e. The molecule has 30 heavy (non-hydrogen) atoms. The van der Waals surface area contributed by atoms with Gasteiger partial charge in [-0.15, -0.1) is 0 Å². The number of aryl methyl sites for hydroxylation is 1. The van der Waals surface area contributed by atoms with Crippen LogP contribution >= 0.6 is 0 Å². The Labute approximate surface area is 172 Å². The topological polar surface area (TPSA) is 87.0 Å². The molecule has 3 aromatic heterocycles. The summed E-state index contributed by atoms with van der Waals surface area (Å²) in [6.45, 7) is 0. The van der Waals surface area contributed by atoms with Crippen LogP contribution in [0.5, 0.6) is 0 Å². The number of hydrogen-bond acceptors (Lipinski definition) is 4. The van der Waals surface area contributed by atoms with Crippen LogP contribution in [0, 0.1) is 0 Å². The van der Waals surface area contributed by atoms with Crippen molar-refractivity contribution in [2.24, 2.45) is 7.05 Å². The van der Waals surface area contributed by atoms with Gasteiger partial charge in [-0.2, -0.15) is 5.10 Å². The molecule has 148 valence electrons. The molecule has 0 amide bonds. The second-order valence-electron chi connectivity index (χ2n) is 7.15. The highest BCUT2D eigenvalue weighted by atomic mass is 16.4. The fraction of sp³-hybridized carbons (Fsp3) is 0.0870. The first-order valence-electron chi connectivity index (χ1n) is 9.50. The summed E-state index contributed by atoms with van der Waals surface area (Å²) in [6, 6.07) is 19.6. The number of anilines is 2. The van der Waals surface area contributed by atoms with Gasteiger partial charge in [-0.25, -0.2) is 4.79 Å². The standard InChI is InChI=1S/C23H19N5O2/c1-27(14-7-4-3-5-8-14)19-10-6-9-15-21(26-28(2)22(15)19)18-13-17-20(25-18)16(23(29)30)11-12-24-17/h3-13,25H,1-2H3,(H,29,30). The Morgan fingerprint density at radius 3 is 2.67 bits per heavy atom. The molecule has 7 nitrogen and oxygen atoms in total. The normalized spacial score (nSPS) is 11.3. The number of carbonyl (C=O) groups is 1. The summed E-state index contributed by atoms with van der Waals surface area (Å²) in [5.41, 5.74) is 5.87. The molecule has 0 bridgehead atoms. The lowest BCUT2D eigenvalue weighted by Crippen LogP contribution is -2.10. The number of benzene rings is 2. The lowest BCUT2D eigenvalue weighted by molar-refractivity contribution is 0.0698. The van der Waals surface area contributed by atoms with Gasteiger partial charge in [0.25, 0.3) is 0 Å². The third-order valence-corrected chi connectivity index (χ3v) is 5.35. The van der Waals surface area contributed by atoms with Crippen molar-refractivity contribution >= 4 is 39.3 Å². The van der Waals surface area contributed by atoms with Crippen molar-refractivity contribution < 1.29 is 9.90 Å². The zero-order chi connectivity index (χ0) is 20.8. The maximum absolute atomic E-state index is 11.6. The average Bonchev–Trinajstić information content (AvgIpc) is 3.34. The molecule has 3 heterocycles. The zero-order valence-electron chi connectivity index (χ0n) is 16.5. The average molecular weight is 397 g/mol. The molecule has 0 aliphatic carbocycles. The first-order valence-corrected chi connectivity index (χ1v) is 9.50. The summed E-state index contributed by atoms with van der Waals surface area (Å²) in [5.74, 6) is -0.992. The van der Waals surface area contributed by atoms with Crippen LogP contribution in [0.15, 0.2) is 66.9 Å². The Morgan fingerprint density at radius 2 is 1.90 bits per heavy atom. The van der Waals surface area contributed by atoms with Gasteiger partial charge in [0.1, 0.15) is 5.69 Å². The van der Waals surface area contributed by atoms with Crippen LogP contribution in [-0.4, -0.2) is 37.9 Å². The number of nitrogens with one attached hydrogen (secondary N) is 1. The maximum atomic E-state index is 11.6. The zero-order valence-corrected chi connectivity index (χ0v) is 16.5. The molecule has 0 saturated carbocycles. The molecular formula is C23H19N5O2. The lowest BCUT2D eigenvalue weighted by atomic mass is 10.1. The van der Waals surface area contributed by atoms with Crippen molar-refractivity contribution in [2.45, 2.75) is 0 Å². The maximum Gasteiger partial charge on any atom is 0.337 e. The van der Waals surface area contributed by atoms with E-state index < -0.39 is 5.97 Å². The van der Waals surface area contributed by atoms with Crippen LogP contribution in [0.1, 0.15) is 10.4 Å². The highest BCUT2D eigenvalue weighted by Crippen LogP contribution is 2.36. The van der Waals surface area contributed by atoms with Crippen LogP contribution < -0.4 is 4.90 Å². The number of aromatic amines is 1. The number of pyridine rings is 1. The molecule has 0 aliphatic rings. The highest BCUT2D eigenvalue weighted by molar-refractivity contribution is 6.05. The predicted molar refractivity (Wildman–Crippen MR) is 117 cm³/mol. The molecule has 0 atom stereocenters. The van der Waals surface area contributed by atoms with Gasteiger partial charge in [-0.05, 0) is 30.3 Å². The van der Waals surface area contributed by atoms with Crippen molar-refractivity contribution in [2.75, 3.05) is 11.9 Å². The van der Waals surface area contributed by atoms with Crippen molar-refractivity contribution in [1.82, 2.24) is 19.7 Å². The van der Waals surface area contributed by atoms with E-state index in [1.165, 1.54) is 12.3 Å². The Kier molecular flexibility index (Phi) is 4.03. The van der Waals surface area contributed by atoms with Crippen LogP contribution in [0.2, 0.25) is 0 Å². The number of rotatable bonds is 4. The molecule has 0 saturated heterocycles. The van der Waals surface area contributed by atoms with Crippen molar-refractivity contribution in [3.63, 3.8) is 0 Å². The van der Waals surface area contributed by atoms with E-state index >= 15 is 0 Å². The van der Waals surface area contributed by atoms with E-state index in [9.17, 15) is 9.90 Å². The quantitative estimate of drug-likeness (QED) is 0.463. The van der Waals surface area contributed by atoms with Crippen LogP contribution in [0.25, 0.3) is 33.3 Å². The minimum absolute atomic E-state index is 0.191. The van der Waals surface area contributed by atoms with Gasteiger partial charge < -0.3 is 15.0 Å². The Hall–Kier alpha value is -4.13. The molecule has 2 aromatic carbocycles. The fourth-order valence-electron chi connectivity index (χ4n) is 3.91. The van der Waals surface area contributed by atoms with E-state index in [1.807, 2.05) is 55.2 Å². The number of carboxylic acid groups (broad SMARTS) is 1. The van der Waals surface area contributed by atoms with Crippen LogP contribution in [-0.2, 0) is 7.05 Å². The van der Waals surface area contributed by atoms with Gasteiger partial charge in [0, 0.05) is 31.4 Å². The Balaban J connectivity index is 1.70. The number of fused-ring (bicyclic) bond motifs is 2. The monoisotopic (exact) mass is 397 g/mol. The molecule has 0 aliphatic heterocycles. The molecule has 7 heteroatoms. The number of aromatic carboxylic acids is 1. The van der Waals surface area contributed by atoms with Crippen molar-refractivity contribution in [1.29, 1.82) is 0 Å². The molecule has 5 aromatic rings. The third kappa shape index (κ3) is 2.71. The van der Waals surface area contributed by atoms with E-state index in [0.717, 1.165) is 33.7 Å². The molecule has 0 fully saturated rings. The van der Waals surface area contributed by atoms with Gasteiger partial charge in [0.05, 0.1) is 33.5 Å². The second-order valence-corrected chi connectivity index (χ2v) is 7.15. The third-order valence-electron chi connectivity index (χ3n) is 5.35. The van der Waals surface area contributed by atoms with Gasteiger partial charge in [-0.1, -0.05) is 30.3 Å². The molecule has 0 radical (unpaired) electrons. The van der Waals surface area contributed by atoms with Crippen molar-refractivity contribution in [3.05, 3.63) is 72.4 Å². The molecule has 0 spiro atoms. The Bertz CT molecular complexity index is 1400. The summed E-state index contributed by atoms with van der Waals surface area (Å²) < 4.78 is 1.86. The largest absolute Gasteiger partial charge is 0.478 e. The molecule has 2 N–H and O–H groups in total. The minimum atomic E-state index is -0.992. The summed E-state index contributed by atoms with van der Waals surface area (Å²) in [7, 11) is 3.94. The predicted octanol–water partition coefficient (Wildman–Crippen LogP) is 4.58. The van der Waals surface area contributed by atoms with Crippen molar-refractivity contribution in [3.8, 4) is 11.4 Å². The van der Waals surface area contributed by atoms with Crippen LogP contribution in [0.4, 0.5) is 11.4 Å². The summed E-state index contributed by atoms with van der Waals surface area (Å²) in [4.78, 5) is 21.2. The fourth-order valence-corrected chi connectivity index (χ4v) is 3.91. The number of para-hydroxylation sites is 2. The first kappa shape index (κ1) is 17.9. The van der Waals surface area contributed by atoms with Crippen LogP contribution in [0.3, 0.4) is 0 Å². The summed E-state index contributed by atoms with van der Waals surface area (Å²) in [5, 5.41) is 15.2. The highest BCUT2D eigenvalue weighted by Gasteiger charge is 2.19. The van der Waals surface area contributed by atoms with E-state index in [-0.39, 0.29) is 5.56 Å². The summed E-state index contributed by atoms with van der Waals surface area (Å²) in [6.07, 6.45) is 1.51. The molecular weight excluding hydrogens is 378 g/mol. The van der Waals surface area contributed by atoms with Gasteiger partial charge in [0.2, 0.25) is 0 Å². The number of aromatic nitrogens is 4. The lowest BCUT2D eigenvalue weighted by Gasteiger charge is -2.20. The number of H-pyrrole nitrogens is 1. The summed E-state index contributed by atoms with van der Waals surface area (Å²) >= 11 is 0. The number of carboxylic acids is 1. The number of nitrogens with zero attached hydrogens (tertiary/aromatic N) is 4. The van der Waals surface area contributed by atoms with Gasteiger partial charge >= 0.3 is 5.97 Å². The van der Waals surface area contributed by atoms with E-state index in [2.05, 4.69) is 33.1 Å². The first-order chi connectivity index (χ1) is 14.5. The van der Waals surface area contributed by atoms with E-state index in [4.69, 9.17) is 5.10 Å². The number of hydrogen-bond donors (Lipinski definition) is 2. The van der Waals surface area contributed by atoms with E-state index in [0.29, 0.717) is 11.0 Å². The SMILES string of the molecule is CN(c1ccccc1)c1cccc2c(-c3cc4nccc(C(=O)O)c4[nH]3)nn(C)c12. The second kappa shape index (κ2) is 6.73. The Morgan fingerprint density at radius 1 is 1.10 bits per heavy atom. The van der Waals surface area contributed by atoms with Gasteiger partial charge in [0.15, 0.2) is 0 Å². The van der Waals surface area contributed by atoms with E-state index in [1.54, 1.807) is 0 Å². The van der Waals surface area contributed by atoms with Gasteiger partial charge in [-0.3, -0.25) is 9.67 Å². The smallest absolute Gasteiger partial charge is 0.337 e. The molecule has 0 unspecified atom stereocenters.